The second kappa shape index (κ2) is 7.50. The topological polar surface area (TPSA) is 52.4 Å². The van der Waals surface area contributed by atoms with Crippen LogP contribution in [-0.4, -0.2) is 16.9 Å². The van der Waals surface area contributed by atoms with Gasteiger partial charge in [0.15, 0.2) is 0 Å². The molecule has 0 aromatic heterocycles. The summed E-state index contributed by atoms with van der Waals surface area (Å²) in [6, 6.07) is 4.19. The first-order chi connectivity index (χ1) is 8.15. The Labute approximate surface area is 113 Å². The van der Waals surface area contributed by atoms with Crippen LogP contribution in [0.3, 0.4) is 0 Å². The van der Waals surface area contributed by atoms with Crippen molar-refractivity contribution < 1.29 is 9.66 Å². The Bertz CT molecular complexity index is 387. The van der Waals surface area contributed by atoms with Gasteiger partial charge in [-0.25, -0.2) is 0 Å². The highest BCUT2D eigenvalue weighted by molar-refractivity contribution is 9.09. The SMILES string of the molecule is O=[N+]([O-])c1ccc(Cl)c(OCCCCCBr)c1. The van der Waals surface area contributed by atoms with E-state index < -0.39 is 4.92 Å². The fourth-order valence-corrected chi connectivity index (χ4v) is 1.84. The van der Waals surface area contributed by atoms with E-state index in [2.05, 4.69) is 15.9 Å². The number of nitrogens with zero attached hydrogens (tertiary/aromatic N) is 1. The maximum atomic E-state index is 10.6. The van der Waals surface area contributed by atoms with Crippen molar-refractivity contribution in [2.75, 3.05) is 11.9 Å². The van der Waals surface area contributed by atoms with Crippen LogP contribution in [0.1, 0.15) is 19.3 Å². The van der Waals surface area contributed by atoms with Crippen LogP contribution in [0.2, 0.25) is 5.02 Å². The molecule has 0 unspecified atom stereocenters. The quantitative estimate of drug-likeness (QED) is 0.327. The first kappa shape index (κ1) is 14.3. The molecule has 0 saturated heterocycles. The lowest BCUT2D eigenvalue weighted by atomic mass is 10.2. The Hall–Kier alpha value is -0.810. The van der Waals surface area contributed by atoms with Gasteiger partial charge in [0.1, 0.15) is 5.75 Å². The summed E-state index contributed by atoms with van der Waals surface area (Å²) in [6.07, 6.45) is 3.05. The number of rotatable bonds is 7. The summed E-state index contributed by atoms with van der Waals surface area (Å²) < 4.78 is 5.42. The predicted molar refractivity (Wildman–Crippen MR) is 71.2 cm³/mol. The number of benzene rings is 1. The Morgan fingerprint density at radius 1 is 1.35 bits per heavy atom. The monoisotopic (exact) mass is 321 g/mol. The van der Waals surface area contributed by atoms with Gasteiger partial charge in [-0.3, -0.25) is 10.1 Å². The van der Waals surface area contributed by atoms with Crippen molar-refractivity contribution in [3.8, 4) is 5.75 Å². The normalized spacial score (nSPS) is 10.2. The molecular weight excluding hydrogens is 309 g/mol. The van der Waals surface area contributed by atoms with Gasteiger partial charge in [0.05, 0.1) is 22.6 Å². The molecular formula is C11H13BrClNO3. The van der Waals surface area contributed by atoms with Crippen LogP contribution in [0.4, 0.5) is 5.69 Å². The summed E-state index contributed by atoms with van der Waals surface area (Å²) in [7, 11) is 0. The van der Waals surface area contributed by atoms with Crippen LogP contribution in [-0.2, 0) is 0 Å². The predicted octanol–water partition coefficient (Wildman–Crippen LogP) is 4.19. The number of nitro benzene ring substituents is 1. The van der Waals surface area contributed by atoms with E-state index in [0.717, 1.165) is 24.6 Å². The van der Waals surface area contributed by atoms with E-state index >= 15 is 0 Å². The molecule has 1 aromatic rings. The maximum Gasteiger partial charge on any atom is 0.273 e. The molecule has 4 nitrogen and oxygen atoms in total. The zero-order chi connectivity index (χ0) is 12.7. The van der Waals surface area contributed by atoms with E-state index in [1.165, 1.54) is 18.2 Å². The molecule has 0 aliphatic rings. The average Bonchev–Trinajstić information content (AvgIpc) is 2.30. The largest absolute Gasteiger partial charge is 0.492 e. The van der Waals surface area contributed by atoms with Crippen molar-refractivity contribution >= 4 is 33.2 Å². The van der Waals surface area contributed by atoms with Crippen molar-refractivity contribution in [2.24, 2.45) is 0 Å². The molecule has 0 saturated carbocycles. The van der Waals surface area contributed by atoms with Gasteiger partial charge in [-0.15, -0.1) is 0 Å². The van der Waals surface area contributed by atoms with Gasteiger partial charge in [0, 0.05) is 11.4 Å². The van der Waals surface area contributed by atoms with E-state index in [1.807, 2.05) is 0 Å². The molecule has 0 heterocycles. The third kappa shape index (κ3) is 4.91. The van der Waals surface area contributed by atoms with Gasteiger partial charge in [-0.2, -0.15) is 0 Å². The molecule has 0 atom stereocenters. The van der Waals surface area contributed by atoms with Gasteiger partial charge in [0.2, 0.25) is 0 Å². The second-order valence-electron chi connectivity index (χ2n) is 3.47. The Morgan fingerprint density at radius 3 is 2.76 bits per heavy atom. The molecule has 0 aliphatic heterocycles. The standard InChI is InChI=1S/C11H13BrClNO3/c12-6-2-1-3-7-17-11-8-9(14(15)16)4-5-10(11)13/h4-5,8H,1-3,6-7H2. The number of alkyl halides is 1. The molecule has 0 amide bonds. The van der Waals surface area contributed by atoms with Gasteiger partial charge in [0.25, 0.3) is 5.69 Å². The fourth-order valence-electron chi connectivity index (χ4n) is 1.27. The minimum absolute atomic E-state index is 0.00939. The number of hydrogen-bond acceptors (Lipinski definition) is 3. The first-order valence-corrected chi connectivity index (χ1v) is 6.78. The third-order valence-corrected chi connectivity index (χ3v) is 3.03. The van der Waals surface area contributed by atoms with Gasteiger partial charge >= 0.3 is 0 Å². The van der Waals surface area contributed by atoms with Crippen molar-refractivity contribution in [1.29, 1.82) is 0 Å². The van der Waals surface area contributed by atoms with Crippen LogP contribution in [0.5, 0.6) is 5.75 Å². The summed E-state index contributed by atoms with van der Waals surface area (Å²) in [5, 5.41) is 12.0. The van der Waals surface area contributed by atoms with Crippen molar-refractivity contribution in [3.05, 3.63) is 33.3 Å². The number of non-ortho nitro benzene ring substituents is 1. The van der Waals surface area contributed by atoms with E-state index in [-0.39, 0.29) is 5.69 Å². The Balaban J connectivity index is 2.51. The fraction of sp³-hybridized carbons (Fsp3) is 0.455. The molecule has 0 fully saturated rings. The smallest absolute Gasteiger partial charge is 0.273 e. The zero-order valence-electron chi connectivity index (χ0n) is 9.20. The van der Waals surface area contributed by atoms with Crippen LogP contribution in [0.25, 0.3) is 0 Å². The lowest BCUT2D eigenvalue weighted by Crippen LogP contribution is -1.99. The highest BCUT2D eigenvalue weighted by Crippen LogP contribution is 2.28. The summed E-state index contributed by atoms with van der Waals surface area (Å²) in [6.45, 7) is 0.522. The number of unbranched alkanes of at least 4 members (excludes halogenated alkanes) is 2. The summed E-state index contributed by atoms with van der Waals surface area (Å²) in [4.78, 5) is 10.1. The van der Waals surface area contributed by atoms with Gasteiger partial charge < -0.3 is 4.74 Å². The Kier molecular flexibility index (Phi) is 6.29. The molecule has 0 aliphatic carbocycles. The van der Waals surface area contributed by atoms with E-state index in [1.54, 1.807) is 0 Å². The Morgan fingerprint density at radius 2 is 2.12 bits per heavy atom. The van der Waals surface area contributed by atoms with Gasteiger partial charge in [-0.1, -0.05) is 27.5 Å². The molecule has 0 bridgehead atoms. The van der Waals surface area contributed by atoms with Gasteiger partial charge in [-0.05, 0) is 25.3 Å². The van der Waals surface area contributed by atoms with Crippen LogP contribution < -0.4 is 4.74 Å². The van der Waals surface area contributed by atoms with E-state index in [0.29, 0.717) is 17.4 Å². The third-order valence-electron chi connectivity index (χ3n) is 2.16. The molecule has 1 rings (SSSR count). The van der Waals surface area contributed by atoms with Crippen LogP contribution >= 0.6 is 27.5 Å². The summed E-state index contributed by atoms with van der Waals surface area (Å²) in [5.41, 5.74) is -0.00939. The molecule has 17 heavy (non-hydrogen) atoms. The van der Waals surface area contributed by atoms with Crippen molar-refractivity contribution in [1.82, 2.24) is 0 Å². The number of halogens is 2. The maximum absolute atomic E-state index is 10.6. The highest BCUT2D eigenvalue weighted by atomic mass is 79.9. The van der Waals surface area contributed by atoms with Crippen molar-refractivity contribution in [3.63, 3.8) is 0 Å². The molecule has 0 N–H and O–H groups in total. The van der Waals surface area contributed by atoms with Crippen LogP contribution in [0.15, 0.2) is 18.2 Å². The molecule has 0 radical (unpaired) electrons. The number of nitro groups is 1. The minimum Gasteiger partial charge on any atom is -0.492 e. The second-order valence-corrected chi connectivity index (χ2v) is 4.67. The van der Waals surface area contributed by atoms with Crippen molar-refractivity contribution in [2.45, 2.75) is 19.3 Å². The van der Waals surface area contributed by atoms with E-state index in [4.69, 9.17) is 16.3 Å². The summed E-state index contributed by atoms with van der Waals surface area (Å²) in [5.74, 6) is 0.375. The number of hydrogen-bond donors (Lipinski definition) is 0. The molecule has 94 valence electrons. The first-order valence-electron chi connectivity index (χ1n) is 5.28. The lowest BCUT2D eigenvalue weighted by Gasteiger charge is -2.07. The van der Waals surface area contributed by atoms with Crippen LogP contribution in [0, 0.1) is 10.1 Å². The minimum atomic E-state index is -0.464. The number of ether oxygens (including phenoxy) is 1. The lowest BCUT2D eigenvalue weighted by molar-refractivity contribution is -0.384. The molecule has 0 spiro atoms. The van der Waals surface area contributed by atoms with E-state index in [9.17, 15) is 10.1 Å². The summed E-state index contributed by atoms with van der Waals surface area (Å²) >= 11 is 9.23. The zero-order valence-corrected chi connectivity index (χ0v) is 11.5. The average molecular weight is 323 g/mol. The highest BCUT2D eigenvalue weighted by Gasteiger charge is 2.10. The molecule has 1 aromatic carbocycles. The molecule has 6 heteroatoms.